The van der Waals surface area contributed by atoms with Crippen LogP contribution in [0.2, 0.25) is 0 Å². The summed E-state index contributed by atoms with van der Waals surface area (Å²) in [5.41, 5.74) is -0.0361. The Morgan fingerprint density at radius 1 is 0.745 bits per heavy atom. The maximum absolute atomic E-state index is 13.0. The van der Waals surface area contributed by atoms with Crippen molar-refractivity contribution in [2.75, 3.05) is 32.1 Å². The molecule has 0 radical (unpaired) electrons. The Morgan fingerprint density at radius 3 is 1.86 bits per heavy atom. The molecule has 0 aliphatic carbocycles. The van der Waals surface area contributed by atoms with Gasteiger partial charge in [-0.1, -0.05) is 6.42 Å². The normalized spacial score (nSPS) is 20.9. The smallest absolute Gasteiger partial charge is 0.370 e. The van der Waals surface area contributed by atoms with Crippen LogP contribution in [-0.2, 0) is 43.2 Å². The van der Waals surface area contributed by atoms with Crippen molar-refractivity contribution in [2.45, 2.75) is 68.7 Å². The van der Waals surface area contributed by atoms with Gasteiger partial charge in [0.25, 0.3) is 29.5 Å². The first-order valence-electron chi connectivity index (χ1n) is 16.2. The third-order valence-electron chi connectivity index (χ3n) is 8.07. The summed E-state index contributed by atoms with van der Waals surface area (Å²) in [5.74, 6) is -5.04. The monoisotopic (exact) mass is 732 g/mol. The van der Waals surface area contributed by atoms with Crippen molar-refractivity contribution in [1.29, 1.82) is 0 Å². The van der Waals surface area contributed by atoms with Crippen molar-refractivity contribution < 1.29 is 62.3 Å². The van der Waals surface area contributed by atoms with Gasteiger partial charge in [0.2, 0.25) is 5.91 Å². The Bertz CT molecular complexity index is 1500. The van der Waals surface area contributed by atoms with E-state index in [1.807, 2.05) is 11.8 Å². The number of unbranched alkanes of at least 4 members (excludes halogenated alkanes) is 1. The number of carbonyl (C=O) groups excluding carboxylic acids is 9. The van der Waals surface area contributed by atoms with E-state index in [1.165, 1.54) is 18.2 Å². The van der Waals surface area contributed by atoms with Crippen molar-refractivity contribution in [1.82, 2.24) is 31.4 Å². The fraction of sp³-hybridized carbons (Fsp3) is 0.516. The molecular formula is C31H36N6O13S. The van der Waals surface area contributed by atoms with Crippen molar-refractivity contribution in [3.8, 4) is 11.5 Å². The number of amides is 8. The Labute approximate surface area is 294 Å². The highest BCUT2D eigenvalue weighted by atomic mass is 32.2. The van der Waals surface area contributed by atoms with E-state index in [-0.39, 0.29) is 79.9 Å². The number of hydroxylamine groups is 4. The number of imide groups is 2. The second kappa shape index (κ2) is 17.0. The molecule has 20 heteroatoms. The number of rotatable bonds is 17. The summed E-state index contributed by atoms with van der Waals surface area (Å²) in [7, 11) is 0. The van der Waals surface area contributed by atoms with Gasteiger partial charge in [-0.2, -0.15) is 11.8 Å². The quantitative estimate of drug-likeness (QED) is 0.0874. The van der Waals surface area contributed by atoms with Gasteiger partial charge in [0.15, 0.2) is 13.2 Å². The molecule has 1 aromatic rings. The second-order valence-electron chi connectivity index (χ2n) is 11.8. The van der Waals surface area contributed by atoms with E-state index in [0.717, 1.165) is 18.6 Å². The number of nitrogens with zero attached hydrogens (tertiary/aromatic N) is 2. The third-order valence-corrected chi connectivity index (χ3v) is 9.58. The standard InChI is InChI=1S/C31H36N6O13S/c38-22(4-2-1-3-21-29-20(16-51-21)34-31(46)35-29)32-9-10-33-30(45)17-11-18(47-14-27(43)49-36-23(39)5-6-24(36)40)13-19(12-17)48-15-28(44)50-37-25(41)7-8-26(37)42/h11-13,20-21,29H,1-10,14-16H2,(H,32,38)(H,33,45)(H2,34,35,46)/t20-,21-,29-/m0/s1. The van der Waals surface area contributed by atoms with Crippen LogP contribution in [0.3, 0.4) is 0 Å². The predicted octanol–water partition coefficient (Wildman–Crippen LogP) is -0.770. The molecule has 0 bridgehead atoms. The molecule has 19 nitrogen and oxygen atoms in total. The molecule has 4 aliphatic heterocycles. The molecule has 0 saturated carbocycles. The lowest BCUT2D eigenvalue weighted by Crippen LogP contribution is -2.36. The first kappa shape index (κ1) is 36.9. The number of ether oxygens (including phenoxy) is 2. The fourth-order valence-electron chi connectivity index (χ4n) is 5.57. The number of thioether (sulfide) groups is 1. The molecule has 0 unspecified atom stereocenters. The van der Waals surface area contributed by atoms with E-state index in [1.54, 1.807) is 0 Å². The molecule has 274 valence electrons. The van der Waals surface area contributed by atoms with Crippen LogP contribution >= 0.6 is 11.8 Å². The average Bonchev–Trinajstić information content (AvgIpc) is 3.84. The Balaban J connectivity index is 1.08. The zero-order valence-electron chi connectivity index (χ0n) is 27.3. The Morgan fingerprint density at radius 2 is 1.29 bits per heavy atom. The highest BCUT2D eigenvalue weighted by Crippen LogP contribution is 2.33. The van der Waals surface area contributed by atoms with Crippen LogP contribution in [0.1, 0.15) is 61.7 Å². The summed E-state index contributed by atoms with van der Waals surface area (Å²) in [5, 5.41) is 12.2. The minimum Gasteiger partial charge on any atom is -0.482 e. The number of fused-ring (bicyclic) bond motifs is 1. The summed E-state index contributed by atoms with van der Waals surface area (Å²) >= 11 is 1.81. The number of benzene rings is 1. The van der Waals surface area contributed by atoms with Crippen LogP contribution in [0.5, 0.6) is 11.5 Å². The van der Waals surface area contributed by atoms with Crippen LogP contribution < -0.4 is 30.7 Å². The minimum absolute atomic E-state index is 0.0361. The van der Waals surface area contributed by atoms with Crippen LogP contribution in [0.15, 0.2) is 18.2 Å². The van der Waals surface area contributed by atoms with Crippen LogP contribution in [0.4, 0.5) is 4.79 Å². The lowest BCUT2D eigenvalue weighted by Gasteiger charge is -2.16. The lowest BCUT2D eigenvalue weighted by atomic mass is 10.0. The average molecular weight is 733 g/mol. The third kappa shape index (κ3) is 10.1. The number of hydrogen-bond donors (Lipinski definition) is 4. The number of carbonyl (C=O) groups is 9. The fourth-order valence-corrected chi connectivity index (χ4v) is 7.11. The second-order valence-corrected chi connectivity index (χ2v) is 13.1. The Kier molecular flexibility index (Phi) is 12.3. The maximum Gasteiger partial charge on any atom is 0.370 e. The van der Waals surface area contributed by atoms with Gasteiger partial charge in [-0.05, 0) is 25.0 Å². The molecular weight excluding hydrogens is 696 g/mol. The summed E-state index contributed by atoms with van der Waals surface area (Å²) in [6.07, 6.45) is 2.27. The van der Waals surface area contributed by atoms with Gasteiger partial charge in [-0.25, -0.2) is 14.4 Å². The predicted molar refractivity (Wildman–Crippen MR) is 171 cm³/mol. The van der Waals surface area contributed by atoms with Crippen molar-refractivity contribution >= 4 is 65.2 Å². The van der Waals surface area contributed by atoms with E-state index in [0.29, 0.717) is 28.2 Å². The van der Waals surface area contributed by atoms with E-state index in [4.69, 9.17) is 19.1 Å². The molecule has 8 amide bonds. The first-order valence-corrected chi connectivity index (χ1v) is 17.3. The molecule has 4 heterocycles. The number of hydrogen-bond acceptors (Lipinski definition) is 14. The van der Waals surface area contributed by atoms with Crippen molar-refractivity contribution in [2.24, 2.45) is 0 Å². The summed E-state index contributed by atoms with van der Waals surface area (Å²) in [6.45, 7) is -1.37. The van der Waals surface area contributed by atoms with E-state index in [9.17, 15) is 43.2 Å². The Hall–Kier alpha value is -5.40. The lowest BCUT2D eigenvalue weighted by molar-refractivity contribution is -0.198. The van der Waals surface area contributed by atoms with Gasteiger partial charge in [0.1, 0.15) is 11.5 Å². The molecule has 0 spiro atoms. The molecule has 0 aromatic heterocycles. The molecule has 3 atom stereocenters. The van der Waals surface area contributed by atoms with Gasteiger partial charge in [-0.3, -0.25) is 28.8 Å². The van der Waals surface area contributed by atoms with Crippen LogP contribution in [-0.4, -0.2) is 113 Å². The highest BCUT2D eigenvalue weighted by molar-refractivity contribution is 8.00. The summed E-state index contributed by atoms with van der Waals surface area (Å²) in [4.78, 5) is 118. The summed E-state index contributed by atoms with van der Waals surface area (Å²) in [6, 6.07) is 3.84. The summed E-state index contributed by atoms with van der Waals surface area (Å²) < 4.78 is 10.8. The molecule has 4 saturated heterocycles. The van der Waals surface area contributed by atoms with Gasteiger partial charge >= 0.3 is 18.0 Å². The molecule has 5 rings (SSSR count). The molecule has 4 N–H and O–H groups in total. The highest BCUT2D eigenvalue weighted by Gasteiger charge is 2.42. The molecule has 4 aliphatic rings. The zero-order chi connectivity index (χ0) is 36.5. The maximum atomic E-state index is 13.0. The van der Waals surface area contributed by atoms with E-state index >= 15 is 0 Å². The van der Waals surface area contributed by atoms with Crippen LogP contribution in [0, 0.1) is 0 Å². The largest absolute Gasteiger partial charge is 0.482 e. The van der Waals surface area contributed by atoms with Gasteiger partial charge in [-0.15, -0.1) is 10.1 Å². The molecule has 51 heavy (non-hydrogen) atoms. The number of nitrogens with one attached hydrogen (secondary N) is 4. The molecule has 1 aromatic carbocycles. The minimum atomic E-state index is -1.08. The van der Waals surface area contributed by atoms with E-state index in [2.05, 4.69) is 21.3 Å². The van der Waals surface area contributed by atoms with E-state index < -0.39 is 54.7 Å². The van der Waals surface area contributed by atoms with Crippen LogP contribution in [0.25, 0.3) is 0 Å². The topological polar surface area (TPSA) is 245 Å². The first-order chi connectivity index (χ1) is 24.5. The van der Waals surface area contributed by atoms with Crippen molar-refractivity contribution in [3.63, 3.8) is 0 Å². The number of urea groups is 1. The van der Waals surface area contributed by atoms with Gasteiger partial charge in [0, 0.05) is 67.8 Å². The van der Waals surface area contributed by atoms with Gasteiger partial charge in [0.05, 0.1) is 12.1 Å². The SMILES string of the molecule is O=C(CCCC[C@@H]1SC[C@@H]2NC(=O)N[C@@H]21)NCCNC(=O)c1cc(OCC(=O)ON2C(=O)CCC2=O)cc(OCC(=O)ON2C(=O)CCC2=O)c1. The van der Waals surface area contributed by atoms with Crippen molar-refractivity contribution in [3.05, 3.63) is 23.8 Å². The molecule has 4 fully saturated rings. The zero-order valence-corrected chi connectivity index (χ0v) is 28.1. The van der Waals surface area contributed by atoms with Gasteiger partial charge < -0.3 is 40.4 Å².